The second kappa shape index (κ2) is 16.3. The summed E-state index contributed by atoms with van der Waals surface area (Å²) in [6.07, 6.45) is 3.79. The van der Waals surface area contributed by atoms with Crippen LogP contribution in [0.5, 0.6) is 0 Å². The third-order valence-corrected chi connectivity index (χ3v) is 8.72. The first-order valence-electron chi connectivity index (χ1n) is 15.6. The predicted octanol–water partition coefficient (Wildman–Crippen LogP) is 2.09. The standard InChI is InChI=1S/C32H50N6O6S/c1-22(2)16-24(28(41)34-19-27(40)37-14-12-32(13-15-37)20-38(21-32)45-6)35-26(39)18-33-29(42)25(17-23-10-8-7-9-11-23)36-30(43)44-31(3,4)5/h7-11,22,24-25H,12-21H2,1-6H3,(H,33,42)(H,34,41)(H,35,39)(H,36,43). The fourth-order valence-electron chi connectivity index (χ4n) is 5.52. The molecule has 0 aliphatic carbocycles. The number of carbonyl (C=O) groups is 5. The van der Waals surface area contributed by atoms with Crippen molar-refractivity contribution in [2.24, 2.45) is 11.3 Å². The van der Waals surface area contributed by atoms with Crippen LogP contribution in [0.25, 0.3) is 0 Å². The van der Waals surface area contributed by atoms with Gasteiger partial charge in [-0.05, 0) is 57.8 Å². The molecular formula is C32H50N6O6S. The number of hydrogen-bond acceptors (Lipinski definition) is 8. The van der Waals surface area contributed by atoms with Gasteiger partial charge in [0.2, 0.25) is 23.6 Å². The van der Waals surface area contributed by atoms with Crippen LogP contribution in [-0.2, 0) is 30.3 Å². The second-order valence-electron chi connectivity index (χ2n) is 13.4. The van der Waals surface area contributed by atoms with Gasteiger partial charge in [0.05, 0.1) is 13.1 Å². The van der Waals surface area contributed by atoms with Crippen LogP contribution in [0.3, 0.4) is 0 Å². The maximum absolute atomic E-state index is 13.1. The quantitative estimate of drug-likeness (QED) is 0.238. The zero-order valence-corrected chi connectivity index (χ0v) is 28.3. The molecule has 12 nitrogen and oxygen atoms in total. The van der Waals surface area contributed by atoms with Crippen molar-refractivity contribution in [3.63, 3.8) is 0 Å². The summed E-state index contributed by atoms with van der Waals surface area (Å²) in [5.74, 6) is -1.63. The molecule has 0 bridgehead atoms. The van der Waals surface area contributed by atoms with Crippen LogP contribution in [0.4, 0.5) is 4.79 Å². The van der Waals surface area contributed by atoms with Gasteiger partial charge in [0.25, 0.3) is 0 Å². The van der Waals surface area contributed by atoms with Crippen LogP contribution in [0.1, 0.15) is 59.4 Å². The highest BCUT2D eigenvalue weighted by Gasteiger charge is 2.45. The number of benzene rings is 1. The molecule has 5 amide bonds. The first kappa shape index (κ1) is 36.2. The van der Waals surface area contributed by atoms with Crippen molar-refractivity contribution in [1.82, 2.24) is 30.5 Å². The Bertz CT molecular complexity index is 1170. The molecule has 2 saturated heterocycles. The number of piperidine rings is 1. The lowest BCUT2D eigenvalue weighted by atomic mass is 9.73. The van der Waals surface area contributed by atoms with Crippen LogP contribution in [0.2, 0.25) is 0 Å². The summed E-state index contributed by atoms with van der Waals surface area (Å²) >= 11 is 1.75. The highest BCUT2D eigenvalue weighted by Crippen LogP contribution is 2.42. The van der Waals surface area contributed by atoms with E-state index < -0.39 is 48.0 Å². The molecule has 2 fully saturated rings. The van der Waals surface area contributed by atoms with Gasteiger partial charge in [0.1, 0.15) is 17.7 Å². The van der Waals surface area contributed by atoms with E-state index in [0.29, 0.717) is 24.9 Å². The molecule has 2 aliphatic heterocycles. The van der Waals surface area contributed by atoms with Gasteiger partial charge >= 0.3 is 6.09 Å². The molecule has 13 heteroatoms. The maximum atomic E-state index is 13.1. The van der Waals surface area contributed by atoms with Crippen molar-refractivity contribution in [2.75, 3.05) is 45.5 Å². The summed E-state index contributed by atoms with van der Waals surface area (Å²) in [5, 5.41) is 10.6. The fraction of sp³-hybridized carbons (Fsp3) is 0.656. The average Bonchev–Trinajstić information content (AvgIpc) is 2.96. The van der Waals surface area contributed by atoms with Gasteiger partial charge in [-0.25, -0.2) is 9.10 Å². The molecule has 1 aromatic carbocycles. The number of amides is 5. The lowest BCUT2D eigenvalue weighted by Gasteiger charge is -2.53. The smallest absolute Gasteiger partial charge is 0.408 e. The Morgan fingerprint density at radius 3 is 2.09 bits per heavy atom. The summed E-state index contributed by atoms with van der Waals surface area (Å²) in [5.41, 5.74) is 0.367. The van der Waals surface area contributed by atoms with E-state index >= 15 is 0 Å². The zero-order chi connectivity index (χ0) is 33.2. The number of alkyl carbamates (subject to hydrolysis) is 1. The third-order valence-electron chi connectivity index (χ3n) is 7.94. The predicted molar refractivity (Wildman–Crippen MR) is 174 cm³/mol. The Kier molecular flexibility index (Phi) is 13.1. The van der Waals surface area contributed by atoms with Crippen molar-refractivity contribution < 1.29 is 28.7 Å². The van der Waals surface area contributed by atoms with Gasteiger partial charge in [0.15, 0.2) is 0 Å². The molecule has 0 radical (unpaired) electrons. The van der Waals surface area contributed by atoms with E-state index in [2.05, 4.69) is 31.8 Å². The van der Waals surface area contributed by atoms with Crippen molar-refractivity contribution in [1.29, 1.82) is 0 Å². The first-order valence-corrected chi connectivity index (χ1v) is 16.8. The third kappa shape index (κ3) is 11.8. The molecule has 0 aromatic heterocycles. The van der Waals surface area contributed by atoms with Crippen molar-refractivity contribution in [2.45, 2.75) is 78.0 Å². The molecule has 2 atom stereocenters. The molecule has 2 unspecified atom stereocenters. The van der Waals surface area contributed by atoms with Gasteiger partial charge in [-0.3, -0.25) is 19.2 Å². The van der Waals surface area contributed by atoms with Crippen molar-refractivity contribution in [3.05, 3.63) is 35.9 Å². The fourth-order valence-corrected chi connectivity index (χ4v) is 6.33. The normalized spacial score (nSPS) is 17.5. The summed E-state index contributed by atoms with van der Waals surface area (Å²) in [4.78, 5) is 66.1. The first-order chi connectivity index (χ1) is 21.2. The number of nitrogens with zero attached hydrogens (tertiary/aromatic N) is 2. The van der Waals surface area contributed by atoms with E-state index in [0.717, 1.165) is 31.5 Å². The van der Waals surface area contributed by atoms with Gasteiger partial charge in [-0.2, -0.15) is 0 Å². The van der Waals surface area contributed by atoms with Crippen LogP contribution in [0, 0.1) is 11.3 Å². The number of rotatable bonds is 13. The Labute approximate surface area is 271 Å². The minimum Gasteiger partial charge on any atom is -0.444 e. The van der Waals surface area contributed by atoms with E-state index in [9.17, 15) is 24.0 Å². The molecule has 2 heterocycles. The van der Waals surface area contributed by atoms with Gasteiger partial charge in [0, 0.05) is 38.0 Å². The van der Waals surface area contributed by atoms with E-state index in [1.807, 2.05) is 44.2 Å². The Balaban J connectivity index is 1.50. The molecule has 250 valence electrons. The lowest BCUT2D eigenvalue weighted by Crippen LogP contribution is -2.59. The number of nitrogens with one attached hydrogen (secondary N) is 4. The maximum Gasteiger partial charge on any atom is 0.408 e. The SMILES string of the molecule is CSN1CC2(CCN(C(=O)CNC(=O)C(CC(C)C)NC(=O)CNC(=O)C(Cc3ccccc3)NC(=O)OC(C)(C)C)CC2)C1. The van der Waals surface area contributed by atoms with Crippen LogP contribution in [-0.4, -0.2) is 102 Å². The van der Waals surface area contributed by atoms with Crippen LogP contribution in [0.15, 0.2) is 30.3 Å². The summed E-state index contributed by atoms with van der Waals surface area (Å²) in [6, 6.07) is 7.30. The molecule has 1 aromatic rings. The Morgan fingerprint density at radius 1 is 0.911 bits per heavy atom. The molecule has 1 spiro atoms. The molecule has 0 saturated carbocycles. The lowest BCUT2D eigenvalue weighted by molar-refractivity contribution is -0.136. The number of likely N-dealkylation sites (tertiary alicyclic amines) is 1. The van der Waals surface area contributed by atoms with Crippen molar-refractivity contribution in [3.8, 4) is 0 Å². The van der Waals surface area contributed by atoms with Gasteiger partial charge in [-0.1, -0.05) is 56.1 Å². The summed E-state index contributed by atoms with van der Waals surface area (Å²) < 4.78 is 7.65. The average molecular weight is 647 g/mol. The highest BCUT2D eigenvalue weighted by atomic mass is 32.2. The van der Waals surface area contributed by atoms with Gasteiger partial charge < -0.3 is 30.9 Å². The van der Waals surface area contributed by atoms with Crippen LogP contribution >= 0.6 is 11.9 Å². The number of ether oxygens (including phenoxy) is 1. The monoisotopic (exact) mass is 646 g/mol. The van der Waals surface area contributed by atoms with Gasteiger partial charge in [-0.15, -0.1) is 0 Å². The van der Waals surface area contributed by atoms with E-state index in [-0.39, 0.29) is 24.8 Å². The largest absolute Gasteiger partial charge is 0.444 e. The molecule has 45 heavy (non-hydrogen) atoms. The van der Waals surface area contributed by atoms with E-state index in [4.69, 9.17) is 4.74 Å². The van der Waals surface area contributed by atoms with E-state index in [1.54, 1.807) is 37.6 Å². The minimum atomic E-state index is -0.991. The highest BCUT2D eigenvalue weighted by molar-refractivity contribution is 7.96. The molecule has 3 rings (SSSR count). The summed E-state index contributed by atoms with van der Waals surface area (Å²) in [7, 11) is 0. The number of hydrogen-bond donors (Lipinski definition) is 4. The molecule has 4 N–H and O–H groups in total. The number of carbonyl (C=O) groups excluding carboxylic acids is 5. The molecular weight excluding hydrogens is 596 g/mol. The van der Waals surface area contributed by atoms with E-state index in [1.165, 1.54) is 0 Å². The Hall–Kier alpha value is -3.32. The Morgan fingerprint density at radius 2 is 1.51 bits per heavy atom. The zero-order valence-electron chi connectivity index (χ0n) is 27.4. The molecule has 2 aliphatic rings. The topological polar surface area (TPSA) is 149 Å². The summed E-state index contributed by atoms with van der Waals surface area (Å²) in [6.45, 7) is 11.9. The van der Waals surface area contributed by atoms with Crippen LogP contribution < -0.4 is 21.3 Å². The van der Waals surface area contributed by atoms with Crippen molar-refractivity contribution >= 4 is 41.7 Å². The second-order valence-corrected chi connectivity index (χ2v) is 14.3. The minimum absolute atomic E-state index is 0.0845.